The average molecular weight is 272 g/mol. The van der Waals surface area contributed by atoms with Crippen LogP contribution in [0.15, 0.2) is 24.4 Å². The fraction of sp³-hybridized carbons (Fsp3) is 0.438. The van der Waals surface area contributed by atoms with E-state index in [0.29, 0.717) is 0 Å². The lowest BCUT2D eigenvalue weighted by Gasteiger charge is -2.12. The molecule has 1 aliphatic rings. The minimum absolute atomic E-state index is 0.732. The second kappa shape index (κ2) is 5.19. The molecule has 2 unspecified atom stereocenters. The molecule has 1 fully saturated rings. The Morgan fingerprint density at radius 1 is 1.25 bits per heavy atom. The zero-order chi connectivity index (χ0) is 14.1. The normalized spacial score (nSPS) is 20.8. The Kier molecular flexibility index (Phi) is 3.38. The van der Waals surface area contributed by atoms with Crippen molar-refractivity contribution in [3.05, 3.63) is 24.4 Å². The van der Waals surface area contributed by atoms with Crippen molar-refractivity contribution in [3.63, 3.8) is 0 Å². The molecule has 0 spiro atoms. The first-order valence-corrected chi connectivity index (χ1v) is 6.97. The van der Waals surface area contributed by atoms with Crippen molar-refractivity contribution in [3.8, 4) is 11.5 Å². The molecule has 106 valence electrons. The number of hydrogen-bond donors (Lipinski definition) is 1. The summed E-state index contributed by atoms with van der Waals surface area (Å²) in [6, 6.07) is 5.96. The number of hydrogen-bond acceptors (Lipinski definition) is 4. The molecule has 1 saturated carbocycles. The van der Waals surface area contributed by atoms with E-state index in [1.165, 1.54) is 6.42 Å². The first kappa shape index (κ1) is 13.0. The van der Waals surface area contributed by atoms with Crippen LogP contribution in [0.1, 0.15) is 13.3 Å². The number of benzene rings is 1. The zero-order valence-corrected chi connectivity index (χ0v) is 12.1. The molecule has 4 nitrogen and oxygen atoms in total. The van der Waals surface area contributed by atoms with Crippen LogP contribution in [-0.2, 0) is 0 Å². The summed E-state index contributed by atoms with van der Waals surface area (Å²) in [5.74, 6) is 4.02. The fourth-order valence-corrected chi connectivity index (χ4v) is 2.55. The SMILES string of the molecule is COc1cc2ccnc(NCC3CC3C)c2cc1OC. The Balaban J connectivity index is 1.94. The standard InChI is InChI=1S/C16H20N2O2/c1-10-6-12(10)9-18-16-13-8-15(20-3)14(19-2)7-11(13)4-5-17-16/h4-5,7-8,10,12H,6,9H2,1-3H3,(H,17,18). The third-order valence-corrected chi connectivity index (χ3v) is 4.08. The lowest BCUT2D eigenvalue weighted by molar-refractivity contribution is 0.356. The van der Waals surface area contributed by atoms with Gasteiger partial charge in [0.1, 0.15) is 5.82 Å². The van der Waals surface area contributed by atoms with Gasteiger partial charge in [0, 0.05) is 18.1 Å². The summed E-state index contributed by atoms with van der Waals surface area (Å²) in [4.78, 5) is 4.46. The van der Waals surface area contributed by atoms with Gasteiger partial charge in [0.2, 0.25) is 0 Å². The van der Waals surface area contributed by atoms with Crippen LogP contribution >= 0.6 is 0 Å². The smallest absolute Gasteiger partial charge is 0.161 e. The fourth-order valence-electron chi connectivity index (χ4n) is 2.55. The molecule has 1 aromatic heterocycles. The van der Waals surface area contributed by atoms with Crippen LogP contribution in [0.2, 0.25) is 0 Å². The molecule has 1 N–H and O–H groups in total. The van der Waals surface area contributed by atoms with Gasteiger partial charge in [0.15, 0.2) is 11.5 Å². The Morgan fingerprint density at radius 2 is 1.95 bits per heavy atom. The van der Waals surface area contributed by atoms with E-state index in [0.717, 1.165) is 46.5 Å². The van der Waals surface area contributed by atoms with E-state index in [-0.39, 0.29) is 0 Å². The molecule has 0 saturated heterocycles. The highest BCUT2D eigenvalue weighted by Gasteiger charge is 2.32. The maximum absolute atomic E-state index is 5.37. The van der Waals surface area contributed by atoms with Crippen LogP contribution in [0.3, 0.4) is 0 Å². The van der Waals surface area contributed by atoms with E-state index in [2.05, 4.69) is 17.2 Å². The molecule has 2 aromatic rings. The van der Waals surface area contributed by atoms with Crippen LogP contribution in [0.5, 0.6) is 11.5 Å². The summed E-state index contributed by atoms with van der Waals surface area (Å²) in [7, 11) is 3.30. The average Bonchev–Trinajstić information content (AvgIpc) is 3.19. The summed E-state index contributed by atoms with van der Waals surface area (Å²) in [5.41, 5.74) is 0. The molecule has 0 radical (unpaired) electrons. The summed E-state index contributed by atoms with van der Waals surface area (Å²) in [6.07, 6.45) is 3.14. The number of aromatic nitrogens is 1. The van der Waals surface area contributed by atoms with E-state index < -0.39 is 0 Å². The second-order valence-corrected chi connectivity index (χ2v) is 5.44. The van der Waals surface area contributed by atoms with Gasteiger partial charge in [0.05, 0.1) is 14.2 Å². The summed E-state index contributed by atoms with van der Waals surface area (Å²) in [6.45, 7) is 3.28. The number of rotatable bonds is 5. The highest BCUT2D eigenvalue weighted by atomic mass is 16.5. The molecule has 1 heterocycles. The number of ether oxygens (including phenoxy) is 2. The third kappa shape index (κ3) is 2.38. The molecule has 3 rings (SSSR count). The molecule has 2 atom stereocenters. The van der Waals surface area contributed by atoms with Crippen molar-refractivity contribution in [1.29, 1.82) is 0 Å². The van der Waals surface area contributed by atoms with Gasteiger partial charge in [0.25, 0.3) is 0 Å². The first-order chi connectivity index (χ1) is 9.72. The Labute approximate surface area is 119 Å². The largest absolute Gasteiger partial charge is 0.493 e. The monoisotopic (exact) mass is 272 g/mol. The van der Waals surface area contributed by atoms with E-state index in [4.69, 9.17) is 9.47 Å². The van der Waals surface area contributed by atoms with Gasteiger partial charge in [-0.15, -0.1) is 0 Å². The van der Waals surface area contributed by atoms with Crippen molar-refractivity contribution in [1.82, 2.24) is 4.98 Å². The Bertz CT molecular complexity index is 627. The maximum atomic E-state index is 5.37. The lowest BCUT2D eigenvalue weighted by atomic mass is 10.1. The van der Waals surface area contributed by atoms with Gasteiger partial charge < -0.3 is 14.8 Å². The summed E-state index contributed by atoms with van der Waals surface area (Å²) < 4.78 is 10.7. The third-order valence-electron chi connectivity index (χ3n) is 4.08. The van der Waals surface area contributed by atoms with Crippen LogP contribution in [-0.4, -0.2) is 25.7 Å². The van der Waals surface area contributed by atoms with E-state index in [1.807, 2.05) is 24.4 Å². The highest BCUT2D eigenvalue weighted by Crippen LogP contribution is 2.38. The molecular formula is C16H20N2O2. The molecule has 0 bridgehead atoms. The number of fused-ring (bicyclic) bond motifs is 1. The van der Waals surface area contributed by atoms with E-state index in [9.17, 15) is 0 Å². The predicted octanol–water partition coefficient (Wildman–Crippen LogP) is 3.32. The molecule has 0 amide bonds. The maximum Gasteiger partial charge on any atom is 0.161 e. The number of pyridine rings is 1. The van der Waals surface area contributed by atoms with Crippen LogP contribution in [0.4, 0.5) is 5.82 Å². The molecule has 20 heavy (non-hydrogen) atoms. The van der Waals surface area contributed by atoms with Crippen LogP contribution < -0.4 is 14.8 Å². The molecule has 4 heteroatoms. The summed E-state index contributed by atoms with van der Waals surface area (Å²) >= 11 is 0. The molecule has 1 aliphatic carbocycles. The van der Waals surface area contributed by atoms with E-state index >= 15 is 0 Å². The number of anilines is 1. The van der Waals surface area contributed by atoms with Gasteiger partial charge in [-0.25, -0.2) is 4.98 Å². The Hall–Kier alpha value is -1.97. The first-order valence-electron chi connectivity index (χ1n) is 6.97. The predicted molar refractivity (Wildman–Crippen MR) is 80.6 cm³/mol. The van der Waals surface area contributed by atoms with Crippen molar-refractivity contribution >= 4 is 16.6 Å². The summed E-state index contributed by atoms with van der Waals surface area (Å²) in [5, 5.41) is 5.63. The Morgan fingerprint density at radius 3 is 2.60 bits per heavy atom. The molecule has 0 aliphatic heterocycles. The van der Waals surface area contributed by atoms with Crippen molar-refractivity contribution < 1.29 is 9.47 Å². The van der Waals surface area contributed by atoms with Gasteiger partial charge >= 0.3 is 0 Å². The van der Waals surface area contributed by atoms with Crippen molar-refractivity contribution in [2.45, 2.75) is 13.3 Å². The quantitative estimate of drug-likeness (QED) is 0.906. The van der Waals surface area contributed by atoms with Crippen LogP contribution in [0.25, 0.3) is 10.8 Å². The second-order valence-electron chi connectivity index (χ2n) is 5.44. The van der Waals surface area contributed by atoms with Crippen LogP contribution in [0, 0.1) is 11.8 Å². The number of nitrogens with one attached hydrogen (secondary N) is 1. The van der Waals surface area contributed by atoms with Gasteiger partial charge in [-0.2, -0.15) is 0 Å². The van der Waals surface area contributed by atoms with Crippen molar-refractivity contribution in [2.24, 2.45) is 11.8 Å². The van der Waals surface area contributed by atoms with E-state index in [1.54, 1.807) is 14.2 Å². The molecular weight excluding hydrogens is 252 g/mol. The molecule has 1 aromatic carbocycles. The van der Waals surface area contributed by atoms with Gasteiger partial charge in [-0.3, -0.25) is 0 Å². The minimum atomic E-state index is 0.732. The number of nitrogens with zero attached hydrogens (tertiary/aromatic N) is 1. The minimum Gasteiger partial charge on any atom is -0.493 e. The number of methoxy groups -OCH3 is 2. The zero-order valence-electron chi connectivity index (χ0n) is 12.1. The lowest BCUT2D eigenvalue weighted by Crippen LogP contribution is -2.06. The topological polar surface area (TPSA) is 43.4 Å². The van der Waals surface area contributed by atoms with Crippen molar-refractivity contribution in [2.75, 3.05) is 26.1 Å². The van der Waals surface area contributed by atoms with Gasteiger partial charge in [-0.05, 0) is 41.8 Å². The highest BCUT2D eigenvalue weighted by molar-refractivity contribution is 5.94. The van der Waals surface area contributed by atoms with Gasteiger partial charge in [-0.1, -0.05) is 6.92 Å².